The number of hydrogen-bond donors (Lipinski definition) is 1. The van der Waals surface area contributed by atoms with E-state index in [-0.39, 0.29) is 0 Å². The van der Waals surface area contributed by atoms with E-state index in [4.69, 9.17) is 0 Å². The first-order valence-electron chi connectivity index (χ1n) is 7.14. The lowest BCUT2D eigenvalue weighted by atomic mass is 10.0. The van der Waals surface area contributed by atoms with Gasteiger partial charge in [-0.15, -0.1) is 0 Å². The van der Waals surface area contributed by atoms with Crippen LogP contribution in [0.2, 0.25) is 0 Å². The number of carbonyl (C=O) groups excluding carboxylic acids is 3. The molecule has 0 aliphatic heterocycles. The Morgan fingerprint density at radius 2 is 1.79 bits per heavy atom. The molecule has 0 saturated carbocycles. The standard InChI is InChI=1S/C16H20N2O6/c1-22-15(20)12-7-4-11(5-8-12)6-9-13(16(21)23-2)18-14(19)10-17-24-3/h4-5,7-8,10,13H,6,9H2,1-3H3,(H,18,19)/b17-10+/t13-/m0/s1. The summed E-state index contributed by atoms with van der Waals surface area (Å²) in [6.07, 6.45) is 1.76. The number of nitrogens with zero attached hydrogens (tertiary/aromatic N) is 1. The van der Waals surface area contributed by atoms with Crippen LogP contribution in [0.3, 0.4) is 0 Å². The molecule has 130 valence electrons. The molecule has 0 unspecified atom stereocenters. The van der Waals surface area contributed by atoms with Gasteiger partial charge in [-0.3, -0.25) is 4.79 Å². The average Bonchev–Trinajstić information content (AvgIpc) is 2.62. The van der Waals surface area contributed by atoms with E-state index in [1.165, 1.54) is 21.3 Å². The molecule has 1 amide bonds. The van der Waals surface area contributed by atoms with Crippen LogP contribution in [0.1, 0.15) is 22.3 Å². The molecule has 8 heteroatoms. The van der Waals surface area contributed by atoms with Gasteiger partial charge in [-0.05, 0) is 30.5 Å². The van der Waals surface area contributed by atoms with Crippen molar-refractivity contribution in [3.05, 3.63) is 35.4 Å². The predicted octanol–water partition coefficient (Wildman–Crippen LogP) is 0.696. The largest absolute Gasteiger partial charge is 0.467 e. The zero-order valence-corrected chi connectivity index (χ0v) is 13.8. The Hall–Kier alpha value is -2.90. The first-order chi connectivity index (χ1) is 11.5. The minimum atomic E-state index is -0.814. The number of esters is 2. The van der Waals surface area contributed by atoms with Crippen molar-refractivity contribution >= 4 is 24.1 Å². The normalized spacial score (nSPS) is 11.6. The third kappa shape index (κ3) is 6.07. The van der Waals surface area contributed by atoms with Crippen molar-refractivity contribution < 1.29 is 28.7 Å². The number of rotatable bonds is 8. The molecule has 0 spiro atoms. The van der Waals surface area contributed by atoms with E-state index in [0.29, 0.717) is 18.4 Å². The zero-order chi connectivity index (χ0) is 17.9. The Morgan fingerprint density at radius 3 is 2.33 bits per heavy atom. The van der Waals surface area contributed by atoms with Gasteiger partial charge in [-0.2, -0.15) is 0 Å². The van der Waals surface area contributed by atoms with Crippen LogP contribution in [-0.2, 0) is 30.3 Å². The number of oxime groups is 1. The molecule has 8 nitrogen and oxygen atoms in total. The second-order valence-electron chi connectivity index (χ2n) is 4.73. The van der Waals surface area contributed by atoms with Gasteiger partial charge in [-0.1, -0.05) is 17.3 Å². The number of nitrogens with one attached hydrogen (secondary N) is 1. The number of carbonyl (C=O) groups is 3. The number of aryl methyl sites for hydroxylation is 1. The molecule has 24 heavy (non-hydrogen) atoms. The first kappa shape index (κ1) is 19.1. The summed E-state index contributed by atoms with van der Waals surface area (Å²) in [5.41, 5.74) is 1.34. The molecule has 1 atom stereocenters. The summed E-state index contributed by atoms with van der Waals surface area (Å²) in [6, 6.07) is 5.98. The van der Waals surface area contributed by atoms with Crippen molar-refractivity contribution in [1.82, 2.24) is 5.32 Å². The Labute approximate surface area is 139 Å². The molecule has 1 N–H and O–H groups in total. The van der Waals surface area contributed by atoms with E-state index in [1.54, 1.807) is 24.3 Å². The van der Waals surface area contributed by atoms with Crippen LogP contribution in [0.25, 0.3) is 0 Å². The molecular weight excluding hydrogens is 316 g/mol. The van der Waals surface area contributed by atoms with Crippen molar-refractivity contribution in [2.24, 2.45) is 5.16 Å². The fourth-order valence-electron chi connectivity index (χ4n) is 1.94. The summed E-state index contributed by atoms with van der Waals surface area (Å²) in [7, 11) is 3.86. The predicted molar refractivity (Wildman–Crippen MR) is 85.6 cm³/mol. The van der Waals surface area contributed by atoms with E-state index in [1.807, 2.05) is 0 Å². The second kappa shape index (κ2) is 9.98. The molecule has 0 aliphatic carbocycles. The number of hydrogen-bond acceptors (Lipinski definition) is 7. The summed E-state index contributed by atoms with van der Waals surface area (Å²) in [5.74, 6) is -1.53. The van der Waals surface area contributed by atoms with Crippen molar-refractivity contribution in [3.63, 3.8) is 0 Å². The summed E-state index contributed by atoms with van der Waals surface area (Å²) in [4.78, 5) is 39.1. The van der Waals surface area contributed by atoms with Gasteiger partial charge < -0.3 is 19.6 Å². The Balaban J connectivity index is 2.67. The number of amides is 1. The highest BCUT2D eigenvalue weighted by atomic mass is 16.6. The molecule has 1 aromatic rings. The average molecular weight is 336 g/mol. The topological polar surface area (TPSA) is 103 Å². The Bertz CT molecular complexity index is 597. The first-order valence-corrected chi connectivity index (χ1v) is 7.14. The van der Waals surface area contributed by atoms with Gasteiger partial charge in [0.25, 0.3) is 5.91 Å². The molecule has 0 radical (unpaired) electrons. The van der Waals surface area contributed by atoms with Crippen molar-refractivity contribution in [2.45, 2.75) is 18.9 Å². The lowest BCUT2D eigenvalue weighted by molar-refractivity contribution is -0.144. The van der Waals surface area contributed by atoms with E-state index < -0.39 is 23.9 Å². The van der Waals surface area contributed by atoms with Gasteiger partial charge in [-0.25, -0.2) is 9.59 Å². The van der Waals surface area contributed by atoms with Gasteiger partial charge in [0.1, 0.15) is 19.4 Å². The van der Waals surface area contributed by atoms with Crippen molar-refractivity contribution in [2.75, 3.05) is 21.3 Å². The minimum absolute atomic E-state index is 0.330. The molecule has 0 bridgehead atoms. The fraction of sp³-hybridized carbons (Fsp3) is 0.375. The second-order valence-corrected chi connectivity index (χ2v) is 4.73. The van der Waals surface area contributed by atoms with E-state index in [0.717, 1.165) is 11.8 Å². The van der Waals surface area contributed by atoms with E-state index in [2.05, 4.69) is 24.8 Å². The van der Waals surface area contributed by atoms with Gasteiger partial charge in [0.15, 0.2) is 0 Å². The molecule has 0 saturated heterocycles. The fourth-order valence-corrected chi connectivity index (χ4v) is 1.94. The monoisotopic (exact) mass is 336 g/mol. The van der Waals surface area contributed by atoms with Gasteiger partial charge in [0.05, 0.1) is 19.8 Å². The molecule has 1 rings (SSSR count). The molecule has 0 aliphatic rings. The quantitative estimate of drug-likeness (QED) is 0.426. The molecular formula is C16H20N2O6. The summed E-state index contributed by atoms with van der Waals surface area (Å²) < 4.78 is 9.31. The maximum atomic E-state index is 11.8. The van der Waals surface area contributed by atoms with E-state index in [9.17, 15) is 14.4 Å². The Morgan fingerprint density at radius 1 is 1.12 bits per heavy atom. The highest BCUT2D eigenvalue weighted by Crippen LogP contribution is 2.10. The molecule has 0 heterocycles. The summed E-state index contributed by atoms with van der Waals surface area (Å²) in [6.45, 7) is 0. The lowest BCUT2D eigenvalue weighted by Gasteiger charge is -2.15. The molecule has 1 aromatic carbocycles. The van der Waals surface area contributed by atoms with Crippen LogP contribution in [0.5, 0.6) is 0 Å². The van der Waals surface area contributed by atoms with E-state index >= 15 is 0 Å². The number of ether oxygens (including phenoxy) is 2. The van der Waals surface area contributed by atoms with Crippen LogP contribution in [0, 0.1) is 0 Å². The SMILES string of the molecule is CO/N=C/C(=O)N[C@@H](CCc1ccc(C(=O)OC)cc1)C(=O)OC. The lowest BCUT2D eigenvalue weighted by Crippen LogP contribution is -2.42. The highest BCUT2D eigenvalue weighted by Gasteiger charge is 2.20. The van der Waals surface area contributed by atoms with Crippen LogP contribution >= 0.6 is 0 Å². The molecule has 0 aromatic heterocycles. The maximum Gasteiger partial charge on any atom is 0.337 e. The highest BCUT2D eigenvalue weighted by molar-refractivity contribution is 6.26. The van der Waals surface area contributed by atoms with Crippen LogP contribution in [0.15, 0.2) is 29.4 Å². The smallest absolute Gasteiger partial charge is 0.337 e. The zero-order valence-electron chi connectivity index (χ0n) is 13.8. The van der Waals surface area contributed by atoms with Crippen LogP contribution in [0.4, 0.5) is 0 Å². The Kier molecular flexibility index (Phi) is 7.97. The summed E-state index contributed by atoms with van der Waals surface area (Å²) in [5, 5.41) is 5.82. The third-order valence-corrected chi connectivity index (χ3v) is 3.17. The van der Waals surface area contributed by atoms with Gasteiger partial charge in [0, 0.05) is 0 Å². The number of benzene rings is 1. The van der Waals surface area contributed by atoms with Crippen LogP contribution in [-0.4, -0.2) is 51.4 Å². The minimum Gasteiger partial charge on any atom is -0.467 e. The third-order valence-electron chi connectivity index (χ3n) is 3.17. The van der Waals surface area contributed by atoms with Crippen molar-refractivity contribution in [3.8, 4) is 0 Å². The molecule has 0 fully saturated rings. The van der Waals surface area contributed by atoms with Crippen molar-refractivity contribution in [1.29, 1.82) is 0 Å². The van der Waals surface area contributed by atoms with Gasteiger partial charge >= 0.3 is 11.9 Å². The van der Waals surface area contributed by atoms with Gasteiger partial charge in [0.2, 0.25) is 0 Å². The maximum absolute atomic E-state index is 11.8. The van der Waals surface area contributed by atoms with Crippen LogP contribution < -0.4 is 5.32 Å². The number of methoxy groups -OCH3 is 2. The summed E-state index contributed by atoms with van der Waals surface area (Å²) >= 11 is 0.